The Labute approximate surface area is 93.9 Å². The number of anilines is 1. The van der Waals surface area contributed by atoms with E-state index in [1.54, 1.807) is 0 Å². The van der Waals surface area contributed by atoms with Gasteiger partial charge in [-0.05, 0) is 25.8 Å². The van der Waals surface area contributed by atoms with Crippen molar-refractivity contribution in [2.45, 2.75) is 32.1 Å². The summed E-state index contributed by atoms with van der Waals surface area (Å²) in [7, 11) is 0. The topological polar surface area (TPSA) is 75.1 Å². The SMILES string of the molecule is Cc1cc(C2CC2)nc(NCCC(=O)O)n1. The minimum atomic E-state index is -0.817. The third kappa shape index (κ3) is 2.92. The molecule has 1 aromatic heterocycles. The van der Waals surface area contributed by atoms with Crippen molar-refractivity contribution in [2.24, 2.45) is 0 Å². The van der Waals surface area contributed by atoms with Crippen LogP contribution in [0.15, 0.2) is 6.07 Å². The van der Waals surface area contributed by atoms with Crippen molar-refractivity contribution in [3.05, 3.63) is 17.5 Å². The summed E-state index contributed by atoms with van der Waals surface area (Å²) in [6.45, 7) is 2.29. The molecule has 86 valence electrons. The van der Waals surface area contributed by atoms with Crippen LogP contribution >= 0.6 is 0 Å². The minimum absolute atomic E-state index is 0.0794. The lowest BCUT2D eigenvalue weighted by atomic mass is 10.2. The summed E-state index contributed by atoms with van der Waals surface area (Å²) in [5, 5.41) is 11.5. The Kier molecular flexibility index (Phi) is 3.03. The summed E-state index contributed by atoms with van der Waals surface area (Å²) >= 11 is 0. The Bertz CT molecular complexity index is 402. The van der Waals surface area contributed by atoms with Gasteiger partial charge in [0, 0.05) is 23.9 Å². The van der Waals surface area contributed by atoms with Crippen LogP contribution < -0.4 is 5.32 Å². The van der Waals surface area contributed by atoms with Crippen LogP contribution in [0, 0.1) is 6.92 Å². The highest BCUT2D eigenvalue weighted by atomic mass is 16.4. The van der Waals surface area contributed by atoms with Crippen LogP contribution in [-0.4, -0.2) is 27.6 Å². The van der Waals surface area contributed by atoms with Crippen molar-refractivity contribution in [1.82, 2.24) is 9.97 Å². The predicted octanol–water partition coefficient (Wildman–Crippen LogP) is 1.55. The molecule has 0 atom stereocenters. The average molecular weight is 221 g/mol. The molecule has 1 saturated carbocycles. The lowest BCUT2D eigenvalue weighted by molar-refractivity contribution is -0.136. The summed E-state index contributed by atoms with van der Waals surface area (Å²) in [6.07, 6.45) is 2.48. The number of nitrogens with zero attached hydrogens (tertiary/aromatic N) is 2. The number of nitrogens with one attached hydrogen (secondary N) is 1. The van der Waals surface area contributed by atoms with E-state index >= 15 is 0 Å². The summed E-state index contributed by atoms with van der Waals surface area (Å²) in [5.74, 6) is 0.312. The first-order valence-corrected chi connectivity index (χ1v) is 5.46. The van der Waals surface area contributed by atoms with Crippen molar-refractivity contribution >= 4 is 11.9 Å². The van der Waals surface area contributed by atoms with Gasteiger partial charge in [0.25, 0.3) is 0 Å². The maximum absolute atomic E-state index is 10.4. The van der Waals surface area contributed by atoms with Gasteiger partial charge in [0.1, 0.15) is 0 Å². The van der Waals surface area contributed by atoms with E-state index < -0.39 is 5.97 Å². The van der Waals surface area contributed by atoms with Gasteiger partial charge in [0.2, 0.25) is 5.95 Å². The molecule has 1 aromatic rings. The van der Waals surface area contributed by atoms with Crippen LogP contribution in [0.25, 0.3) is 0 Å². The highest BCUT2D eigenvalue weighted by Gasteiger charge is 2.25. The third-order valence-corrected chi connectivity index (χ3v) is 2.49. The van der Waals surface area contributed by atoms with Gasteiger partial charge >= 0.3 is 5.97 Å². The number of carbonyl (C=O) groups is 1. The van der Waals surface area contributed by atoms with E-state index in [2.05, 4.69) is 15.3 Å². The summed E-state index contributed by atoms with van der Waals surface area (Å²) < 4.78 is 0. The van der Waals surface area contributed by atoms with Crippen LogP contribution in [0.5, 0.6) is 0 Å². The minimum Gasteiger partial charge on any atom is -0.481 e. The van der Waals surface area contributed by atoms with E-state index in [0.29, 0.717) is 18.4 Å². The van der Waals surface area contributed by atoms with E-state index in [0.717, 1.165) is 11.4 Å². The van der Waals surface area contributed by atoms with Crippen LogP contribution in [0.1, 0.15) is 36.6 Å². The highest BCUT2D eigenvalue weighted by molar-refractivity contribution is 5.67. The first-order valence-electron chi connectivity index (χ1n) is 5.46. The summed E-state index contributed by atoms with van der Waals surface area (Å²) in [4.78, 5) is 19.0. The second kappa shape index (κ2) is 4.47. The largest absolute Gasteiger partial charge is 0.481 e. The molecule has 2 rings (SSSR count). The van der Waals surface area contributed by atoms with Crippen molar-refractivity contribution in [2.75, 3.05) is 11.9 Å². The van der Waals surface area contributed by atoms with Gasteiger partial charge in [-0.25, -0.2) is 9.97 Å². The van der Waals surface area contributed by atoms with Crippen LogP contribution in [0.4, 0.5) is 5.95 Å². The van der Waals surface area contributed by atoms with Crippen LogP contribution in [0.3, 0.4) is 0 Å². The first kappa shape index (κ1) is 10.9. The van der Waals surface area contributed by atoms with E-state index in [4.69, 9.17) is 5.11 Å². The van der Waals surface area contributed by atoms with E-state index in [1.165, 1.54) is 12.8 Å². The van der Waals surface area contributed by atoms with Gasteiger partial charge in [-0.3, -0.25) is 4.79 Å². The zero-order chi connectivity index (χ0) is 11.5. The van der Waals surface area contributed by atoms with Crippen molar-refractivity contribution in [1.29, 1.82) is 0 Å². The van der Waals surface area contributed by atoms with Crippen LogP contribution in [0.2, 0.25) is 0 Å². The number of aryl methyl sites for hydroxylation is 1. The molecule has 1 fully saturated rings. The Balaban J connectivity index is 1.99. The van der Waals surface area contributed by atoms with Crippen molar-refractivity contribution < 1.29 is 9.90 Å². The number of carboxylic acid groups (broad SMARTS) is 1. The van der Waals surface area contributed by atoms with E-state index in [1.807, 2.05) is 13.0 Å². The lowest BCUT2D eigenvalue weighted by Crippen LogP contribution is -2.11. The fourth-order valence-corrected chi connectivity index (χ4v) is 1.54. The second-order valence-corrected chi connectivity index (χ2v) is 4.10. The zero-order valence-electron chi connectivity index (χ0n) is 9.23. The number of hydrogen-bond acceptors (Lipinski definition) is 4. The Hall–Kier alpha value is -1.65. The Morgan fingerprint density at radius 2 is 2.31 bits per heavy atom. The van der Waals surface area contributed by atoms with Gasteiger partial charge in [-0.2, -0.15) is 0 Å². The Morgan fingerprint density at radius 1 is 1.56 bits per heavy atom. The number of aliphatic carboxylic acids is 1. The standard InChI is InChI=1S/C11H15N3O2/c1-7-6-9(8-2-3-8)14-11(13-7)12-5-4-10(15)16/h6,8H,2-5H2,1H3,(H,15,16)(H,12,13,14). The molecule has 5 heteroatoms. The fraction of sp³-hybridized carbons (Fsp3) is 0.545. The molecule has 0 spiro atoms. The maximum Gasteiger partial charge on any atom is 0.305 e. The van der Waals surface area contributed by atoms with Crippen molar-refractivity contribution in [3.63, 3.8) is 0 Å². The summed E-state index contributed by atoms with van der Waals surface area (Å²) in [5.41, 5.74) is 2.00. The molecule has 1 aliphatic rings. The van der Waals surface area contributed by atoms with Gasteiger partial charge in [0.05, 0.1) is 6.42 Å². The average Bonchev–Trinajstić information content (AvgIpc) is 2.99. The molecule has 1 aliphatic carbocycles. The molecule has 0 aliphatic heterocycles. The molecule has 0 amide bonds. The number of carboxylic acids is 1. The second-order valence-electron chi connectivity index (χ2n) is 4.10. The van der Waals surface area contributed by atoms with Crippen LogP contribution in [-0.2, 0) is 4.79 Å². The third-order valence-electron chi connectivity index (χ3n) is 2.49. The Morgan fingerprint density at radius 3 is 2.94 bits per heavy atom. The highest BCUT2D eigenvalue weighted by Crippen LogP contribution is 2.39. The monoisotopic (exact) mass is 221 g/mol. The lowest BCUT2D eigenvalue weighted by Gasteiger charge is -2.06. The van der Waals surface area contributed by atoms with Crippen molar-refractivity contribution in [3.8, 4) is 0 Å². The first-order chi connectivity index (χ1) is 7.65. The predicted molar refractivity (Wildman–Crippen MR) is 59.5 cm³/mol. The molecule has 5 nitrogen and oxygen atoms in total. The molecule has 1 heterocycles. The maximum atomic E-state index is 10.4. The van der Waals surface area contributed by atoms with E-state index in [-0.39, 0.29) is 6.42 Å². The number of hydrogen-bond donors (Lipinski definition) is 2. The van der Waals surface area contributed by atoms with Gasteiger partial charge in [-0.15, -0.1) is 0 Å². The fourth-order valence-electron chi connectivity index (χ4n) is 1.54. The van der Waals surface area contributed by atoms with Gasteiger partial charge in [0.15, 0.2) is 0 Å². The van der Waals surface area contributed by atoms with E-state index in [9.17, 15) is 4.79 Å². The molecule has 0 aromatic carbocycles. The molecular weight excluding hydrogens is 206 g/mol. The molecule has 16 heavy (non-hydrogen) atoms. The number of rotatable bonds is 5. The zero-order valence-corrected chi connectivity index (χ0v) is 9.23. The molecule has 0 unspecified atom stereocenters. The molecule has 0 bridgehead atoms. The quantitative estimate of drug-likeness (QED) is 0.789. The van der Waals surface area contributed by atoms with Gasteiger partial charge < -0.3 is 10.4 Å². The smallest absolute Gasteiger partial charge is 0.305 e. The normalized spacial score (nSPS) is 14.8. The number of aromatic nitrogens is 2. The summed E-state index contributed by atoms with van der Waals surface area (Å²) in [6, 6.07) is 2.00. The molecule has 0 radical (unpaired) electrons. The molecular formula is C11H15N3O2. The van der Waals surface area contributed by atoms with Gasteiger partial charge in [-0.1, -0.05) is 0 Å². The molecule has 2 N–H and O–H groups in total. The molecule has 0 saturated heterocycles.